The molecule has 0 aliphatic carbocycles. The number of aromatic nitrogens is 2. The number of hydrogen-bond donors (Lipinski definition) is 1. The van der Waals surface area contributed by atoms with Gasteiger partial charge in [0.1, 0.15) is 11.8 Å². The molecule has 35 heavy (non-hydrogen) atoms. The lowest BCUT2D eigenvalue weighted by atomic mass is 9.85. The van der Waals surface area contributed by atoms with Crippen LogP contribution in [0.5, 0.6) is 0 Å². The van der Waals surface area contributed by atoms with Crippen LogP contribution in [0.4, 0.5) is 5.82 Å². The number of nitrogens with one attached hydrogen (secondary N) is 1. The van der Waals surface area contributed by atoms with E-state index in [0.717, 1.165) is 16.7 Å². The predicted molar refractivity (Wildman–Crippen MR) is 138 cm³/mol. The maximum absolute atomic E-state index is 6.20. The van der Waals surface area contributed by atoms with Gasteiger partial charge in [0.15, 0.2) is 6.17 Å². The molecule has 180 valence electrons. The molecular formula is C29H31IN4O. The molecule has 1 aliphatic rings. The highest BCUT2D eigenvalue weighted by Crippen LogP contribution is 2.41. The fourth-order valence-corrected chi connectivity index (χ4v) is 5.98. The van der Waals surface area contributed by atoms with Gasteiger partial charge >= 0.3 is 0 Å². The van der Waals surface area contributed by atoms with E-state index in [2.05, 4.69) is 116 Å². The van der Waals surface area contributed by atoms with Crippen molar-refractivity contribution in [3.63, 3.8) is 0 Å². The van der Waals surface area contributed by atoms with Gasteiger partial charge in [-0.3, -0.25) is 4.57 Å². The molecule has 6 heteroatoms. The molecule has 4 heterocycles. The Morgan fingerprint density at radius 1 is 1.03 bits per heavy atom. The number of fused-ring (bicyclic) bond motifs is 4. The molecule has 0 fully saturated rings. The number of halogens is 1. The first-order valence-electron chi connectivity index (χ1n) is 12.0. The lowest BCUT2D eigenvalue weighted by molar-refractivity contribution is -0.812. The van der Waals surface area contributed by atoms with Crippen molar-refractivity contribution < 1.29 is 33.3 Å². The molecule has 0 saturated heterocycles. The van der Waals surface area contributed by atoms with Gasteiger partial charge in [-0.25, -0.2) is 9.88 Å². The molecule has 0 bridgehead atoms. The minimum absolute atomic E-state index is 0. The van der Waals surface area contributed by atoms with Gasteiger partial charge in [-0.2, -0.15) is 0 Å². The first-order chi connectivity index (χ1) is 16.3. The van der Waals surface area contributed by atoms with Crippen LogP contribution in [0.15, 0.2) is 71.4 Å². The minimum atomic E-state index is -0.256. The monoisotopic (exact) mass is 578 g/mol. The van der Waals surface area contributed by atoms with E-state index in [1.807, 2.05) is 6.92 Å². The quantitative estimate of drug-likeness (QED) is 0.335. The van der Waals surface area contributed by atoms with E-state index in [1.54, 1.807) is 0 Å². The highest BCUT2D eigenvalue weighted by Gasteiger charge is 2.41. The average Bonchev–Trinajstić information content (AvgIpc) is 3.46. The number of benzene rings is 2. The van der Waals surface area contributed by atoms with E-state index in [1.165, 1.54) is 38.1 Å². The van der Waals surface area contributed by atoms with Crippen molar-refractivity contribution >= 4 is 38.8 Å². The van der Waals surface area contributed by atoms with Crippen LogP contribution in [0.3, 0.4) is 0 Å². The summed E-state index contributed by atoms with van der Waals surface area (Å²) >= 11 is 0. The van der Waals surface area contributed by atoms with Gasteiger partial charge in [0.25, 0.3) is 0 Å². The zero-order valence-corrected chi connectivity index (χ0v) is 23.2. The third-order valence-electron chi connectivity index (χ3n) is 7.64. The van der Waals surface area contributed by atoms with E-state index in [-0.39, 0.29) is 35.7 Å². The number of para-hydroxylation sites is 1. The van der Waals surface area contributed by atoms with Crippen molar-refractivity contribution in [3.8, 4) is 0 Å². The van der Waals surface area contributed by atoms with Gasteiger partial charge in [0.2, 0.25) is 11.5 Å². The van der Waals surface area contributed by atoms with Gasteiger partial charge < -0.3 is 33.3 Å². The van der Waals surface area contributed by atoms with Crippen molar-refractivity contribution in [2.75, 3.05) is 0 Å². The van der Waals surface area contributed by atoms with Crippen LogP contribution in [-0.4, -0.2) is 20.6 Å². The summed E-state index contributed by atoms with van der Waals surface area (Å²) in [5.41, 5.74) is 6.14. The van der Waals surface area contributed by atoms with Crippen LogP contribution in [-0.2, 0) is 12.6 Å². The summed E-state index contributed by atoms with van der Waals surface area (Å²) in [5.74, 6) is 1.27. The summed E-state index contributed by atoms with van der Waals surface area (Å²) < 4.78 is 8.51. The fraction of sp³-hybridized carbons (Fsp3) is 0.276. The molecule has 5 aromatic rings. The molecule has 0 radical (unpaired) electrons. The molecule has 1 N–H and O–H groups in total. The summed E-state index contributed by atoms with van der Waals surface area (Å²) in [5, 5.41) is 3.53. The number of quaternary nitrogens is 1. The SMILES string of the molecule is Cc1ccc2c(n1)oc1ccc(C)c(C(C)(C)N3C=C[NH+](c4cc5ccccc5n4C)[C@H]3C)c12.[I-]. The molecule has 5 nitrogen and oxygen atoms in total. The number of furan rings is 1. The summed E-state index contributed by atoms with van der Waals surface area (Å²) in [6.07, 6.45) is 4.78. The zero-order chi connectivity index (χ0) is 23.8. The van der Waals surface area contributed by atoms with E-state index in [0.29, 0.717) is 5.71 Å². The zero-order valence-electron chi connectivity index (χ0n) is 21.1. The molecule has 1 aliphatic heterocycles. The Kier molecular flexibility index (Phi) is 5.72. The van der Waals surface area contributed by atoms with Crippen molar-refractivity contribution in [1.29, 1.82) is 0 Å². The van der Waals surface area contributed by atoms with E-state index in [9.17, 15) is 0 Å². The maximum atomic E-state index is 6.20. The number of rotatable bonds is 3. The molecule has 2 aromatic carbocycles. The summed E-state index contributed by atoms with van der Waals surface area (Å²) in [7, 11) is 2.16. The number of hydrogen-bond acceptors (Lipinski definition) is 3. The van der Waals surface area contributed by atoms with Gasteiger partial charge in [0.05, 0.1) is 17.3 Å². The molecule has 2 atom stereocenters. The molecule has 0 amide bonds. The Morgan fingerprint density at radius 2 is 1.80 bits per heavy atom. The molecule has 1 unspecified atom stereocenters. The van der Waals surface area contributed by atoms with Crippen LogP contribution >= 0.6 is 0 Å². The summed E-state index contributed by atoms with van der Waals surface area (Å²) in [6.45, 7) is 11.2. The van der Waals surface area contributed by atoms with Crippen LogP contribution in [0.25, 0.3) is 33.0 Å². The van der Waals surface area contributed by atoms with Gasteiger partial charge in [-0.05, 0) is 63.1 Å². The standard InChI is InChI=1S/C29H30N4O.HI/c1-18-11-14-24-26(22-13-12-19(2)30-28(22)34-24)27(18)29(4,5)33-16-15-32(20(33)3)25-17-21-9-7-8-10-23(21)31(25)6;/h7-17,20H,1-6H3;1H/t20-;/m1./s1. The lowest BCUT2D eigenvalue weighted by Gasteiger charge is -2.40. The molecule has 0 spiro atoms. The minimum Gasteiger partial charge on any atom is -1.00 e. The van der Waals surface area contributed by atoms with Crippen LogP contribution < -0.4 is 28.9 Å². The fourth-order valence-electron chi connectivity index (χ4n) is 5.98. The van der Waals surface area contributed by atoms with Crippen molar-refractivity contribution in [2.24, 2.45) is 7.05 Å². The third-order valence-corrected chi connectivity index (χ3v) is 7.64. The predicted octanol–water partition coefficient (Wildman–Crippen LogP) is 2.68. The third kappa shape index (κ3) is 3.49. The Bertz CT molecular complexity index is 1610. The second kappa shape index (κ2) is 8.38. The summed E-state index contributed by atoms with van der Waals surface area (Å²) in [6, 6.07) is 19.4. The molecular weight excluding hydrogens is 547 g/mol. The van der Waals surface area contributed by atoms with Crippen LogP contribution in [0, 0.1) is 13.8 Å². The van der Waals surface area contributed by atoms with Gasteiger partial charge in [-0.1, -0.05) is 24.3 Å². The maximum Gasteiger partial charge on any atom is 0.227 e. The van der Waals surface area contributed by atoms with Crippen molar-refractivity contribution in [3.05, 3.63) is 83.8 Å². The van der Waals surface area contributed by atoms with E-state index < -0.39 is 0 Å². The van der Waals surface area contributed by atoms with E-state index in [4.69, 9.17) is 4.42 Å². The topological polar surface area (TPSA) is 38.6 Å². The normalized spacial score (nSPS) is 18.2. The molecule has 0 saturated carbocycles. The van der Waals surface area contributed by atoms with Gasteiger partial charge in [0, 0.05) is 41.9 Å². The first-order valence-corrected chi connectivity index (χ1v) is 12.0. The average molecular weight is 578 g/mol. The van der Waals surface area contributed by atoms with Crippen molar-refractivity contribution in [2.45, 2.75) is 46.3 Å². The number of aryl methyl sites for hydroxylation is 3. The first kappa shape index (κ1) is 23.9. The molecule has 6 rings (SSSR count). The van der Waals surface area contributed by atoms with Crippen LogP contribution in [0.2, 0.25) is 0 Å². The second-order valence-corrected chi connectivity index (χ2v) is 10.1. The van der Waals surface area contributed by atoms with E-state index >= 15 is 0 Å². The highest BCUT2D eigenvalue weighted by atomic mass is 127. The Labute approximate surface area is 223 Å². The Hall–Kier alpha value is -2.84. The van der Waals surface area contributed by atoms with Crippen molar-refractivity contribution in [1.82, 2.24) is 14.5 Å². The van der Waals surface area contributed by atoms with Crippen LogP contribution in [0.1, 0.15) is 37.6 Å². The highest BCUT2D eigenvalue weighted by molar-refractivity contribution is 6.06. The largest absolute Gasteiger partial charge is 1.00 e. The Balaban J connectivity index is 0.00000253. The Morgan fingerprint density at radius 3 is 2.57 bits per heavy atom. The smallest absolute Gasteiger partial charge is 0.227 e. The number of nitrogens with zero attached hydrogens (tertiary/aromatic N) is 3. The second-order valence-electron chi connectivity index (χ2n) is 10.1. The number of pyridine rings is 1. The lowest BCUT2D eigenvalue weighted by Crippen LogP contribution is -3.07. The molecule has 3 aromatic heterocycles. The van der Waals surface area contributed by atoms with Gasteiger partial charge in [-0.15, -0.1) is 0 Å². The summed E-state index contributed by atoms with van der Waals surface area (Å²) in [4.78, 5) is 8.49.